The number of hydrogen-bond acceptors (Lipinski definition) is 2. The molecule has 2 aromatic rings. The van der Waals surface area contributed by atoms with Crippen molar-refractivity contribution in [3.8, 4) is 5.75 Å². The quantitative estimate of drug-likeness (QED) is 0.889. The van der Waals surface area contributed by atoms with Crippen LogP contribution >= 0.6 is 0 Å². The summed E-state index contributed by atoms with van der Waals surface area (Å²) in [5, 5.41) is 0. The Kier molecular flexibility index (Phi) is 4.58. The smallest absolute Gasteiger partial charge is 0.120 e. The molecule has 0 heterocycles. The highest BCUT2D eigenvalue weighted by Crippen LogP contribution is 2.16. The van der Waals surface area contributed by atoms with Crippen molar-refractivity contribution in [1.82, 2.24) is 0 Å². The van der Waals surface area contributed by atoms with Gasteiger partial charge < -0.3 is 10.5 Å². The van der Waals surface area contributed by atoms with Gasteiger partial charge in [-0.05, 0) is 50.1 Å². The molecule has 0 aliphatic carbocycles. The Bertz CT molecular complexity index is 528. The highest BCUT2D eigenvalue weighted by atomic mass is 16.5. The molecule has 100 valence electrons. The van der Waals surface area contributed by atoms with Gasteiger partial charge >= 0.3 is 0 Å². The Balaban J connectivity index is 2.03. The SMILES string of the molecule is Cc1cc(C)cc(COc2cccc(CCN)c2)c1. The van der Waals surface area contributed by atoms with Gasteiger partial charge in [-0.2, -0.15) is 0 Å². The summed E-state index contributed by atoms with van der Waals surface area (Å²) in [6.45, 7) is 5.49. The summed E-state index contributed by atoms with van der Waals surface area (Å²) in [5.41, 5.74) is 10.5. The molecule has 0 saturated heterocycles. The van der Waals surface area contributed by atoms with Crippen molar-refractivity contribution in [2.75, 3.05) is 6.54 Å². The molecule has 0 radical (unpaired) electrons. The fraction of sp³-hybridized carbons (Fsp3) is 0.294. The van der Waals surface area contributed by atoms with Gasteiger partial charge in [0, 0.05) is 0 Å². The molecule has 2 nitrogen and oxygen atoms in total. The molecule has 0 fully saturated rings. The third-order valence-electron chi connectivity index (χ3n) is 3.02. The minimum Gasteiger partial charge on any atom is -0.489 e. The van der Waals surface area contributed by atoms with Crippen LogP contribution in [0, 0.1) is 13.8 Å². The van der Waals surface area contributed by atoms with E-state index in [0.29, 0.717) is 13.2 Å². The molecule has 0 saturated carbocycles. The predicted molar refractivity (Wildman–Crippen MR) is 79.4 cm³/mol. The zero-order valence-electron chi connectivity index (χ0n) is 11.6. The van der Waals surface area contributed by atoms with Crippen LogP contribution in [0.5, 0.6) is 5.75 Å². The summed E-state index contributed by atoms with van der Waals surface area (Å²) in [6, 6.07) is 14.6. The van der Waals surface area contributed by atoms with Crippen LogP contribution in [-0.4, -0.2) is 6.54 Å². The van der Waals surface area contributed by atoms with E-state index in [0.717, 1.165) is 12.2 Å². The normalized spacial score (nSPS) is 10.5. The lowest BCUT2D eigenvalue weighted by molar-refractivity contribution is 0.306. The number of benzene rings is 2. The van der Waals surface area contributed by atoms with E-state index in [9.17, 15) is 0 Å². The molecule has 0 unspecified atom stereocenters. The zero-order chi connectivity index (χ0) is 13.7. The second-order valence-electron chi connectivity index (χ2n) is 4.97. The maximum Gasteiger partial charge on any atom is 0.120 e. The lowest BCUT2D eigenvalue weighted by atomic mass is 10.1. The van der Waals surface area contributed by atoms with Crippen LogP contribution in [0.3, 0.4) is 0 Å². The standard InChI is InChI=1S/C17H21NO/c1-13-8-14(2)10-16(9-13)12-19-17-5-3-4-15(11-17)6-7-18/h3-5,8-11H,6-7,12,18H2,1-2H3. The first-order chi connectivity index (χ1) is 9.17. The molecule has 0 aliphatic heterocycles. The molecule has 19 heavy (non-hydrogen) atoms. The van der Waals surface area contributed by atoms with Gasteiger partial charge in [-0.1, -0.05) is 41.5 Å². The Morgan fingerprint density at radius 1 is 0.947 bits per heavy atom. The van der Waals surface area contributed by atoms with Crippen molar-refractivity contribution in [3.05, 3.63) is 64.7 Å². The summed E-state index contributed by atoms with van der Waals surface area (Å²) >= 11 is 0. The molecule has 0 atom stereocenters. The van der Waals surface area contributed by atoms with Crippen molar-refractivity contribution in [3.63, 3.8) is 0 Å². The highest BCUT2D eigenvalue weighted by molar-refractivity contribution is 5.31. The van der Waals surface area contributed by atoms with Gasteiger partial charge in [0.25, 0.3) is 0 Å². The van der Waals surface area contributed by atoms with Crippen LogP contribution in [0.2, 0.25) is 0 Å². The van der Waals surface area contributed by atoms with Gasteiger partial charge in [0.2, 0.25) is 0 Å². The summed E-state index contributed by atoms with van der Waals surface area (Å²) in [6.07, 6.45) is 0.890. The van der Waals surface area contributed by atoms with Gasteiger partial charge in [-0.3, -0.25) is 0 Å². The van der Waals surface area contributed by atoms with E-state index in [1.165, 1.54) is 22.3 Å². The number of hydrogen-bond donors (Lipinski definition) is 1. The van der Waals surface area contributed by atoms with Crippen LogP contribution in [0.15, 0.2) is 42.5 Å². The van der Waals surface area contributed by atoms with Crippen LogP contribution in [0.1, 0.15) is 22.3 Å². The molecule has 0 spiro atoms. The minimum absolute atomic E-state index is 0.606. The first-order valence-corrected chi connectivity index (χ1v) is 6.66. The summed E-state index contributed by atoms with van der Waals surface area (Å²) in [5.74, 6) is 0.908. The molecule has 2 rings (SSSR count). The first kappa shape index (κ1) is 13.6. The van der Waals surface area contributed by atoms with E-state index in [1.807, 2.05) is 12.1 Å². The Morgan fingerprint density at radius 2 is 1.68 bits per heavy atom. The van der Waals surface area contributed by atoms with Crippen molar-refractivity contribution < 1.29 is 4.74 Å². The van der Waals surface area contributed by atoms with Crippen molar-refractivity contribution in [1.29, 1.82) is 0 Å². The number of ether oxygens (including phenoxy) is 1. The molecule has 2 N–H and O–H groups in total. The molecule has 0 aliphatic rings. The van der Waals surface area contributed by atoms with E-state index in [1.54, 1.807) is 0 Å². The Hall–Kier alpha value is -1.80. The van der Waals surface area contributed by atoms with Crippen LogP contribution in [-0.2, 0) is 13.0 Å². The van der Waals surface area contributed by atoms with Crippen LogP contribution in [0.25, 0.3) is 0 Å². The lowest BCUT2D eigenvalue weighted by Gasteiger charge is -2.09. The fourth-order valence-corrected chi connectivity index (χ4v) is 2.28. The average molecular weight is 255 g/mol. The third kappa shape index (κ3) is 4.11. The molecule has 2 aromatic carbocycles. The van der Waals surface area contributed by atoms with Gasteiger partial charge in [0.1, 0.15) is 12.4 Å². The number of aryl methyl sites for hydroxylation is 2. The molecule has 2 heteroatoms. The zero-order valence-corrected chi connectivity index (χ0v) is 11.6. The summed E-state index contributed by atoms with van der Waals surface area (Å²) in [7, 11) is 0. The molecule has 0 amide bonds. The maximum absolute atomic E-state index is 5.85. The van der Waals surface area contributed by atoms with Crippen LogP contribution in [0.4, 0.5) is 0 Å². The lowest BCUT2D eigenvalue weighted by Crippen LogP contribution is -2.03. The van der Waals surface area contributed by atoms with Gasteiger partial charge in [-0.15, -0.1) is 0 Å². The number of rotatable bonds is 5. The van der Waals surface area contributed by atoms with Gasteiger partial charge in [-0.25, -0.2) is 0 Å². The summed E-state index contributed by atoms with van der Waals surface area (Å²) < 4.78 is 5.85. The molecule has 0 bridgehead atoms. The topological polar surface area (TPSA) is 35.2 Å². The van der Waals surface area contributed by atoms with E-state index in [-0.39, 0.29) is 0 Å². The maximum atomic E-state index is 5.85. The average Bonchev–Trinajstić information content (AvgIpc) is 2.36. The van der Waals surface area contributed by atoms with E-state index in [4.69, 9.17) is 10.5 Å². The van der Waals surface area contributed by atoms with E-state index < -0.39 is 0 Å². The first-order valence-electron chi connectivity index (χ1n) is 6.66. The van der Waals surface area contributed by atoms with E-state index in [2.05, 4.69) is 44.2 Å². The largest absolute Gasteiger partial charge is 0.489 e. The second kappa shape index (κ2) is 6.39. The highest BCUT2D eigenvalue weighted by Gasteiger charge is 1.99. The number of nitrogens with two attached hydrogens (primary N) is 1. The van der Waals surface area contributed by atoms with Crippen molar-refractivity contribution in [2.45, 2.75) is 26.9 Å². The molecule has 0 aromatic heterocycles. The summed E-state index contributed by atoms with van der Waals surface area (Å²) in [4.78, 5) is 0. The Labute approximate surface area is 115 Å². The second-order valence-corrected chi connectivity index (χ2v) is 4.97. The Morgan fingerprint density at radius 3 is 2.37 bits per heavy atom. The van der Waals surface area contributed by atoms with Gasteiger partial charge in [0.15, 0.2) is 0 Å². The van der Waals surface area contributed by atoms with Gasteiger partial charge in [0.05, 0.1) is 0 Å². The third-order valence-corrected chi connectivity index (χ3v) is 3.02. The van der Waals surface area contributed by atoms with Crippen LogP contribution < -0.4 is 10.5 Å². The minimum atomic E-state index is 0.606. The fourth-order valence-electron chi connectivity index (χ4n) is 2.28. The van der Waals surface area contributed by atoms with Crippen molar-refractivity contribution >= 4 is 0 Å². The predicted octanol–water partition coefficient (Wildman–Crippen LogP) is 3.38. The van der Waals surface area contributed by atoms with E-state index >= 15 is 0 Å². The van der Waals surface area contributed by atoms with Crippen molar-refractivity contribution in [2.24, 2.45) is 5.73 Å². The molecular weight excluding hydrogens is 234 g/mol. The molecular formula is C17H21NO. The monoisotopic (exact) mass is 255 g/mol.